The molecule has 1 fully saturated rings. The minimum absolute atomic E-state index is 0. The van der Waals surface area contributed by atoms with Crippen molar-refractivity contribution in [2.45, 2.75) is 25.1 Å². The summed E-state index contributed by atoms with van der Waals surface area (Å²) in [5.74, 6) is 1.03. The normalized spacial score (nSPS) is 18.3. The number of hydrogen-bond acceptors (Lipinski definition) is 5. The molecule has 2 rings (SSSR count). The summed E-state index contributed by atoms with van der Waals surface area (Å²) in [6.07, 6.45) is 0. The Bertz CT molecular complexity index is 422. The van der Waals surface area contributed by atoms with Gasteiger partial charge in [0.15, 0.2) is 0 Å². The highest BCUT2D eigenvalue weighted by atomic mass is 35.5. The lowest BCUT2D eigenvalue weighted by atomic mass is 10.2. The van der Waals surface area contributed by atoms with Gasteiger partial charge in [0, 0.05) is 35.5 Å². The number of nitrogens with zero attached hydrogens (tertiary/aromatic N) is 2. The summed E-state index contributed by atoms with van der Waals surface area (Å²) in [4.78, 5) is 18.4. The Labute approximate surface area is 122 Å². The molecule has 0 aromatic carbocycles. The summed E-state index contributed by atoms with van der Waals surface area (Å²) < 4.78 is 0.140. The van der Waals surface area contributed by atoms with Crippen LogP contribution in [-0.4, -0.2) is 39.4 Å². The van der Waals surface area contributed by atoms with E-state index < -0.39 is 0 Å². The summed E-state index contributed by atoms with van der Waals surface area (Å²) in [5.41, 5.74) is 6.04. The number of carbonyl (C=O) groups is 1. The van der Waals surface area contributed by atoms with Gasteiger partial charge in [0.25, 0.3) is 5.91 Å². The maximum absolute atomic E-state index is 12.2. The molecule has 0 bridgehead atoms. The van der Waals surface area contributed by atoms with Gasteiger partial charge in [0.2, 0.25) is 0 Å². The van der Waals surface area contributed by atoms with Gasteiger partial charge in [-0.25, -0.2) is 4.98 Å². The Balaban J connectivity index is 0.00000162. The van der Waals surface area contributed by atoms with Gasteiger partial charge in [-0.2, -0.15) is 11.8 Å². The molecule has 7 heteroatoms. The Hall–Kier alpha value is -0.300. The molecular weight excluding hydrogens is 290 g/mol. The van der Waals surface area contributed by atoms with E-state index in [9.17, 15) is 4.79 Å². The zero-order chi connectivity index (χ0) is 12.5. The van der Waals surface area contributed by atoms with E-state index >= 15 is 0 Å². The van der Waals surface area contributed by atoms with Crippen LogP contribution in [0.25, 0.3) is 0 Å². The third kappa shape index (κ3) is 3.60. The topological polar surface area (TPSA) is 59.2 Å². The molecule has 1 aromatic heterocycles. The molecule has 0 spiro atoms. The van der Waals surface area contributed by atoms with Crippen molar-refractivity contribution in [3.63, 3.8) is 0 Å². The lowest BCUT2D eigenvalue weighted by molar-refractivity contribution is 0.0743. The van der Waals surface area contributed by atoms with E-state index in [2.05, 4.69) is 18.8 Å². The lowest BCUT2D eigenvalue weighted by Gasteiger charge is -2.37. The number of rotatable bonds is 2. The van der Waals surface area contributed by atoms with Crippen molar-refractivity contribution >= 4 is 41.4 Å². The van der Waals surface area contributed by atoms with E-state index in [0.29, 0.717) is 12.2 Å². The van der Waals surface area contributed by atoms with Crippen LogP contribution in [-0.2, 0) is 6.54 Å². The fourth-order valence-electron chi connectivity index (χ4n) is 1.85. The first-order valence-electron chi connectivity index (χ1n) is 5.59. The second kappa shape index (κ2) is 6.23. The van der Waals surface area contributed by atoms with Crippen molar-refractivity contribution in [2.75, 3.05) is 18.8 Å². The maximum atomic E-state index is 12.2. The predicted octanol–water partition coefficient (Wildman–Crippen LogP) is 1.99. The van der Waals surface area contributed by atoms with Gasteiger partial charge < -0.3 is 10.6 Å². The second-order valence-corrected chi connectivity index (χ2v) is 7.41. The third-order valence-corrected chi connectivity index (χ3v) is 4.83. The minimum atomic E-state index is 0. The van der Waals surface area contributed by atoms with Crippen LogP contribution in [0.3, 0.4) is 0 Å². The highest BCUT2D eigenvalue weighted by Gasteiger charge is 2.30. The van der Waals surface area contributed by atoms with Gasteiger partial charge >= 0.3 is 0 Å². The van der Waals surface area contributed by atoms with Crippen molar-refractivity contribution in [3.05, 3.63) is 16.1 Å². The molecule has 0 atom stereocenters. The molecule has 2 heterocycles. The largest absolute Gasteiger partial charge is 0.335 e. The standard InChI is InChI=1S/C11H17N3OS2.ClH/c1-11(2)7-14(3-4-17-11)10(15)8-6-16-9(5-12)13-8;/h6H,3-5,7,12H2,1-2H3;1H. The van der Waals surface area contributed by atoms with E-state index in [1.165, 1.54) is 11.3 Å². The van der Waals surface area contributed by atoms with Crippen LogP contribution < -0.4 is 5.73 Å². The van der Waals surface area contributed by atoms with Gasteiger partial charge in [-0.05, 0) is 13.8 Å². The first-order chi connectivity index (χ1) is 8.02. The van der Waals surface area contributed by atoms with E-state index in [4.69, 9.17) is 5.73 Å². The number of halogens is 1. The second-order valence-electron chi connectivity index (χ2n) is 4.67. The van der Waals surface area contributed by atoms with Crippen molar-refractivity contribution in [2.24, 2.45) is 5.73 Å². The zero-order valence-corrected chi connectivity index (χ0v) is 13.0. The van der Waals surface area contributed by atoms with Crippen LogP contribution in [0.5, 0.6) is 0 Å². The number of thioether (sulfide) groups is 1. The quantitative estimate of drug-likeness (QED) is 0.908. The number of aromatic nitrogens is 1. The molecule has 4 nitrogen and oxygen atoms in total. The highest BCUT2D eigenvalue weighted by molar-refractivity contribution is 8.00. The average Bonchev–Trinajstić information content (AvgIpc) is 2.75. The van der Waals surface area contributed by atoms with Gasteiger partial charge in [0.1, 0.15) is 10.7 Å². The van der Waals surface area contributed by atoms with E-state index in [-0.39, 0.29) is 23.1 Å². The Kier molecular flexibility index (Phi) is 5.46. The van der Waals surface area contributed by atoms with Gasteiger partial charge in [-0.3, -0.25) is 4.79 Å². The third-order valence-electron chi connectivity index (χ3n) is 2.66. The van der Waals surface area contributed by atoms with Crippen molar-refractivity contribution in [1.29, 1.82) is 0 Å². The van der Waals surface area contributed by atoms with Crippen LogP contribution >= 0.6 is 35.5 Å². The van der Waals surface area contributed by atoms with Gasteiger partial charge in [-0.15, -0.1) is 23.7 Å². The van der Waals surface area contributed by atoms with E-state index in [1.54, 1.807) is 5.38 Å². The van der Waals surface area contributed by atoms with Crippen molar-refractivity contribution in [1.82, 2.24) is 9.88 Å². The molecule has 1 aliphatic heterocycles. The zero-order valence-electron chi connectivity index (χ0n) is 10.5. The molecular formula is C11H18ClN3OS2. The SMILES string of the molecule is CC1(C)CN(C(=O)c2csc(CN)n2)CCS1.Cl. The molecule has 1 amide bonds. The molecule has 1 aromatic rings. The van der Waals surface area contributed by atoms with E-state index in [1.807, 2.05) is 16.7 Å². The highest BCUT2D eigenvalue weighted by Crippen LogP contribution is 2.30. The van der Waals surface area contributed by atoms with Gasteiger partial charge in [0.05, 0.1) is 0 Å². The van der Waals surface area contributed by atoms with Crippen LogP contribution in [0, 0.1) is 0 Å². The number of nitrogens with two attached hydrogens (primary N) is 1. The average molecular weight is 308 g/mol. The predicted molar refractivity (Wildman–Crippen MR) is 79.7 cm³/mol. The summed E-state index contributed by atoms with van der Waals surface area (Å²) in [5, 5.41) is 2.62. The van der Waals surface area contributed by atoms with Crippen LogP contribution in [0.1, 0.15) is 29.3 Å². The Morgan fingerprint density at radius 1 is 1.61 bits per heavy atom. The number of carbonyl (C=O) groups excluding carboxylic acids is 1. The summed E-state index contributed by atoms with van der Waals surface area (Å²) >= 11 is 3.37. The Morgan fingerprint density at radius 2 is 2.33 bits per heavy atom. The Morgan fingerprint density at radius 3 is 2.89 bits per heavy atom. The molecule has 0 saturated carbocycles. The number of hydrogen-bond donors (Lipinski definition) is 1. The van der Waals surface area contributed by atoms with Crippen LogP contribution in [0.2, 0.25) is 0 Å². The molecule has 102 valence electrons. The molecule has 0 aliphatic carbocycles. The summed E-state index contributed by atoms with van der Waals surface area (Å²) in [6, 6.07) is 0. The number of amides is 1. The summed E-state index contributed by atoms with van der Waals surface area (Å²) in [6.45, 7) is 6.33. The minimum Gasteiger partial charge on any atom is -0.335 e. The monoisotopic (exact) mass is 307 g/mol. The molecule has 0 unspecified atom stereocenters. The molecule has 1 aliphatic rings. The fourth-order valence-corrected chi connectivity index (χ4v) is 3.61. The van der Waals surface area contributed by atoms with E-state index in [0.717, 1.165) is 23.8 Å². The fraction of sp³-hybridized carbons (Fsp3) is 0.636. The van der Waals surface area contributed by atoms with Crippen molar-refractivity contribution < 1.29 is 4.79 Å². The van der Waals surface area contributed by atoms with Crippen molar-refractivity contribution in [3.8, 4) is 0 Å². The van der Waals surface area contributed by atoms with Crippen LogP contribution in [0.15, 0.2) is 5.38 Å². The molecule has 1 saturated heterocycles. The molecule has 2 N–H and O–H groups in total. The maximum Gasteiger partial charge on any atom is 0.273 e. The first-order valence-corrected chi connectivity index (χ1v) is 7.46. The number of thiazole rings is 1. The first kappa shape index (κ1) is 15.8. The van der Waals surface area contributed by atoms with Gasteiger partial charge in [-0.1, -0.05) is 0 Å². The summed E-state index contributed by atoms with van der Waals surface area (Å²) in [7, 11) is 0. The smallest absolute Gasteiger partial charge is 0.273 e. The molecule has 0 radical (unpaired) electrons. The molecule has 18 heavy (non-hydrogen) atoms. The lowest BCUT2D eigenvalue weighted by Crippen LogP contribution is -2.46. The van der Waals surface area contributed by atoms with Crippen LogP contribution in [0.4, 0.5) is 0 Å².